The minimum Gasteiger partial charge on any atom is -0.497 e. The molecule has 3 N–H and O–H groups in total. The number of anilines is 2. The van der Waals surface area contributed by atoms with Gasteiger partial charge in [-0.3, -0.25) is 9.78 Å². The molecule has 30 heavy (non-hydrogen) atoms. The van der Waals surface area contributed by atoms with Crippen LogP contribution in [0, 0.1) is 9.39 Å². The molecular formula is C22H18FIN4O2. The van der Waals surface area contributed by atoms with E-state index in [1.165, 1.54) is 6.07 Å². The van der Waals surface area contributed by atoms with Crippen LogP contribution in [0.1, 0.15) is 16.1 Å². The third kappa shape index (κ3) is 3.82. The van der Waals surface area contributed by atoms with Gasteiger partial charge >= 0.3 is 0 Å². The van der Waals surface area contributed by atoms with E-state index >= 15 is 0 Å². The number of carbonyl (C=O) groups excluding carboxylic acids is 1. The standard InChI is InChI=1S/C22H18FIN4O2/c1-30-15-5-2-13(3-6-15)12-28-19-8-9-26-11-16(19)20(21(28)22(25)29)27-18-7-4-14(24)10-17(18)23/h2-11,27H,12H2,1H3,(H2,25,29). The third-order valence-electron chi connectivity index (χ3n) is 4.79. The van der Waals surface area contributed by atoms with Gasteiger partial charge in [0.25, 0.3) is 5.91 Å². The van der Waals surface area contributed by atoms with E-state index in [0.717, 1.165) is 20.4 Å². The van der Waals surface area contributed by atoms with Gasteiger partial charge in [0.05, 0.1) is 24.0 Å². The van der Waals surface area contributed by atoms with Crippen LogP contribution in [0.4, 0.5) is 15.8 Å². The number of nitrogens with two attached hydrogens (primary N) is 1. The van der Waals surface area contributed by atoms with E-state index in [0.29, 0.717) is 17.6 Å². The van der Waals surface area contributed by atoms with Crippen LogP contribution < -0.4 is 15.8 Å². The molecule has 0 unspecified atom stereocenters. The van der Waals surface area contributed by atoms with Crippen molar-refractivity contribution in [2.24, 2.45) is 5.73 Å². The van der Waals surface area contributed by atoms with Gasteiger partial charge in [-0.15, -0.1) is 0 Å². The summed E-state index contributed by atoms with van der Waals surface area (Å²) < 4.78 is 22.3. The van der Waals surface area contributed by atoms with Crippen LogP contribution in [0.25, 0.3) is 10.9 Å². The Morgan fingerprint density at radius 2 is 2.00 bits per heavy atom. The van der Waals surface area contributed by atoms with Gasteiger partial charge in [0.15, 0.2) is 0 Å². The lowest BCUT2D eigenvalue weighted by atomic mass is 10.2. The minimum atomic E-state index is -0.617. The summed E-state index contributed by atoms with van der Waals surface area (Å²) in [5, 5.41) is 3.74. The lowest BCUT2D eigenvalue weighted by Crippen LogP contribution is -2.19. The first-order valence-corrected chi connectivity index (χ1v) is 10.2. The molecule has 0 saturated carbocycles. The Bertz CT molecular complexity index is 1240. The Hall–Kier alpha value is -3.14. The largest absolute Gasteiger partial charge is 0.497 e. The van der Waals surface area contributed by atoms with Crippen LogP contribution in [-0.4, -0.2) is 22.6 Å². The first-order chi connectivity index (χ1) is 14.5. The van der Waals surface area contributed by atoms with Gasteiger partial charge in [0, 0.05) is 27.9 Å². The van der Waals surface area contributed by atoms with Crippen molar-refractivity contribution in [2.75, 3.05) is 12.4 Å². The maximum absolute atomic E-state index is 14.5. The second-order valence-corrected chi connectivity index (χ2v) is 7.91. The van der Waals surface area contributed by atoms with E-state index < -0.39 is 11.7 Å². The summed E-state index contributed by atoms with van der Waals surface area (Å²) in [6.07, 6.45) is 3.28. The highest BCUT2D eigenvalue weighted by atomic mass is 127. The highest BCUT2D eigenvalue weighted by molar-refractivity contribution is 14.1. The Morgan fingerprint density at radius 1 is 1.23 bits per heavy atom. The van der Waals surface area contributed by atoms with Crippen molar-refractivity contribution in [2.45, 2.75) is 6.54 Å². The topological polar surface area (TPSA) is 82.2 Å². The normalized spacial score (nSPS) is 10.9. The number of ether oxygens (including phenoxy) is 1. The molecule has 0 radical (unpaired) electrons. The summed E-state index contributed by atoms with van der Waals surface area (Å²) in [5.74, 6) is -0.294. The highest BCUT2D eigenvalue weighted by Crippen LogP contribution is 2.34. The first kappa shape index (κ1) is 20.1. The van der Waals surface area contributed by atoms with Gasteiger partial charge in [-0.2, -0.15) is 0 Å². The van der Waals surface area contributed by atoms with Crippen LogP contribution >= 0.6 is 22.6 Å². The number of hydrogen-bond acceptors (Lipinski definition) is 4. The summed E-state index contributed by atoms with van der Waals surface area (Å²) in [5.41, 5.74) is 8.42. The minimum absolute atomic E-state index is 0.255. The SMILES string of the molecule is COc1ccc(Cn2c(C(N)=O)c(Nc3ccc(I)cc3F)c3cnccc32)cc1. The smallest absolute Gasteiger partial charge is 0.267 e. The van der Waals surface area contributed by atoms with Crippen molar-refractivity contribution in [1.82, 2.24) is 9.55 Å². The number of primary amides is 1. The number of halogens is 2. The van der Waals surface area contributed by atoms with Crippen LogP contribution in [-0.2, 0) is 6.54 Å². The number of fused-ring (bicyclic) bond motifs is 1. The maximum atomic E-state index is 14.5. The Balaban J connectivity index is 1.85. The molecule has 0 fully saturated rings. The molecule has 2 aromatic heterocycles. The molecule has 0 aliphatic rings. The fraction of sp³-hybridized carbons (Fsp3) is 0.0909. The summed E-state index contributed by atoms with van der Waals surface area (Å²) in [6, 6.07) is 14.2. The van der Waals surface area contributed by atoms with E-state index in [2.05, 4.69) is 10.3 Å². The second-order valence-electron chi connectivity index (χ2n) is 6.66. The maximum Gasteiger partial charge on any atom is 0.267 e. The molecule has 2 heterocycles. The van der Waals surface area contributed by atoms with Crippen molar-refractivity contribution in [1.29, 1.82) is 0 Å². The number of benzene rings is 2. The molecule has 0 spiro atoms. The molecule has 6 nitrogen and oxygen atoms in total. The molecule has 152 valence electrons. The summed E-state index contributed by atoms with van der Waals surface area (Å²) in [7, 11) is 1.61. The monoisotopic (exact) mass is 516 g/mol. The van der Waals surface area contributed by atoms with E-state index in [1.807, 2.05) is 51.4 Å². The van der Waals surface area contributed by atoms with Gasteiger partial charge in [-0.05, 0) is 64.6 Å². The molecule has 4 aromatic rings. The molecular weight excluding hydrogens is 498 g/mol. The molecule has 0 bridgehead atoms. The Morgan fingerprint density at radius 3 is 2.67 bits per heavy atom. The van der Waals surface area contributed by atoms with Gasteiger partial charge < -0.3 is 20.4 Å². The number of methoxy groups -OCH3 is 1. The van der Waals surface area contributed by atoms with E-state index in [9.17, 15) is 9.18 Å². The quantitative estimate of drug-likeness (QED) is 0.365. The highest BCUT2D eigenvalue weighted by Gasteiger charge is 2.22. The fourth-order valence-electron chi connectivity index (χ4n) is 3.38. The molecule has 8 heteroatoms. The van der Waals surface area contributed by atoms with Crippen LogP contribution in [0.2, 0.25) is 0 Å². The number of amides is 1. The van der Waals surface area contributed by atoms with Crippen LogP contribution in [0.3, 0.4) is 0 Å². The fourth-order valence-corrected chi connectivity index (χ4v) is 3.84. The van der Waals surface area contributed by atoms with Crippen molar-refractivity contribution < 1.29 is 13.9 Å². The predicted molar refractivity (Wildman–Crippen MR) is 123 cm³/mol. The molecule has 4 rings (SSSR count). The van der Waals surface area contributed by atoms with Crippen LogP contribution in [0.5, 0.6) is 5.75 Å². The molecule has 0 aliphatic carbocycles. The molecule has 0 atom stereocenters. The number of hydrogen-bond donors (Lipinski definition) is 2. The van der Waals surface area contributed by atoms with Gasteiger partial charge in [0.2, 0.25) is 0 Å². The van der Waals surface area contributed by atoms with Gasteiger partial charge in [0.1, 0.15) is 17.3 Å². The zero-order valence-electron chi connectivity index (χ0n) is 16.0. The van der Waals surface area contributed by atoms with Gasteiger partial charge in [-0.25, -0.2) is 4.39 Å². The number of aromatic nitrogens is 2. The molecule has 1 amide bonds. The molecule has 0 aliphatic heterocycles. The van der Waals surface area contributed by atoms with Crippen molar-refractivity contribution in [3.8, 4) is 5.75 Å². The lowest BCUT2D eigenvalue weighted by Gasteiger charge is -2.12. The van der Waals surface area contributed by atoms with Crippen molar-refractivity contribution >= 4 is 50.8 Å². The second kappa shape index (κ2) is 8.31. The molecule has 0 saturated heterocycles. The zero-order valence-corrected chi connectivity index (χ0v) is 18.2. The van der Waals surface area contributed by atoms with Crippen molar-refractivity contribution in [3.63, 3.8) is 0 Å². The van der Waals surface area contributed by atoms with Crippen molar-refractivity contribution in [3.05, 3.63) is 81.6 Å². The molecule has 2 aromatic carbocycles. The Kier molecular flexibility index (Phi) is 5.58. The first-order valence-electron chi connectivity index (χ1n) is 9.09. The number of nitrogens with one attached hydrogen (secondary N) is 1. The lowest BCUT2D eigenvalue weighted by molar-refractivity contribution is 0.0993. The summed E-state index contributed by atoms with van der Waals surface area (Å²) in [6.45, 7) is 0.402. The summed E-state index contributed by atoms with van der Waals surface area (Å²) >= 11 is 2.04. The average Bonchev–Trinajstić information content (AvgIpc) is 3.04. The van der Waals surface area contributed by atoms with E-state index in [4.69, 9.17) is 10.5 Å². The van der Waals surface area contributed by atoms with Crippen LogP contribution in [0.15, 0.2) is 60.9 Å². The third-order valence-corrected chi connectivity index (χ3v) is 5.46. The number of pyridine rings is 1. The van der Waals surface area contributed by atoms with E-state index in [1.54, 1.807) is 37.7 Å². The average molecular weight is 516 g/mol. The van der Waals surface area contributed by atoms with Gasteiger partial charge in [-0.1, -0.05) is 12.1 Å². The Labute approximate surface area is 186 Å². The predicted octanol–water partition coefficient (Wildman–Crippen LogP) is 4.68. The number of nitrogens with zero attached hydrogens (tertiary/aromatic N) is 2. The summed E-state index contributed by atoms with van der Waals surface area (Å²) in [4.78, 5) is 16.6. The van der Waals surface area contributed by atoms with E-state index in [-0.39, 0.29) is 11.4 Å². The zero-order chi connectivity index (χ0) is 21.3. The number of carbonyl (C=O) groups is 1. The number of rotatable bonds is 6.